The second kappa shape index (κ2) is 8.74. The largest absolute Gasteiger partial charge is 0.451 e. The van der Waals surface area contributed by atoms with Crippen LogP contribution < -0.4 is 0 Å². The van der Waals surface area contributed by atoms with Crippen molar-refractivity contribution in [2.75, 3.05) is 6.61 Å². The molecule has 32 heavy (non-hydrogen) atoms. The number of esters is 1. The Morgan fingerprint density at radius 2 is 1.72 bits per heavy atom. The molecule has 0 fully saturated rings. The van der Waals surface area contributed by atoms with Crippen LogP contribution in [-0.4, -0.2) is 42.5 Å². The summed E-state index contributed by atoms with van der Waals surface area (Å²) in [6.07, 6.45) is 0.867. The Hall–Kier alpha value is -3.81. The lowest BCUT2D eigenvalue weighted by molar-refractivity contribution is 0.0462. The van der Waals surface area contributed by atoms with Crippen LogP contribution in [-0.2, 0) is 17.7 Å². The molecular formula is C24H25N5O3. The van der Waals surface area contributed by atoms with Crippen molar-refractivity contribution in [2.45, 2.75) is 40.7 Å². The lowest BCUT2D eigenvalue weighted by atomic mass is 10.1. The van der Waals surface area contributed by atoms with E-state index < -0.39 is 5.97 Å². The number of benzene rings is 1. The van der Waals surface area contributed by atoms with Crippen molar-refractivity contribution in [3.63, 3.8) is 0 Å². The molecule has 3 heterocycles. The molecule has 0 radical (unpaired) electrons. The third-order valence-electron chi connectivity index (χ3n) is 5.48. The van der Waals surface area contributed by atoms with Gasteiger partial charge in [0.25, 0.3) is 11.6 Å². The molecule has 0 aliphatic heterocycles. The van der Waals surface area contributed by atoms with Gasteiger partial charge in [-0.1, -0.05) is 30.3 Å². The zero-order chi connectivity index (χ0) is 22.8. The van der Waals surface area contributed by atoms with Crippen molar-refractivity contribution < 1.29 is 14.3 Å². The lowest BCUT2D eigenvalue weighted by Crippen LogP contribution is -2.16. The molecule has 0 unspecified atom stereocenters. The lowest BCUT2D eigenvalue weighted by Gasteiger charge is -2.10. The normalized spacial score (nSPS) is 11.1. The summed E-state index contributed by atoms with van der Waals surface area (Å²) in [4.78, 5) is 33.6. The van der Waals surface area contributed by atoms with Crippen molar-refractivity contribution in [1.82, 2.24) is 24.1 Å². The first-order valence-corrected chi connectivity index (χ1v) is 10.5. The van der Waals surface area contributed by atoms with Crippen LogP contribution >= 0.6 is 0 Å². The number of hydrogen-bond acceptors (Lipinski definition) is 6. The predicted molar refractivity (Wildman–Crippen MR) is 119 cm³/mol. The first-order valence-electron chi connectivity index (χ1n) is 10.5. The molecule has 4 aromatic rings. The van der Waals surface area contributed by atoms with Gasteiger partial charge in [0, 0.05) is 34.9 Å². The Morgan fingerprint density at radius 1 is 0.969 bits per heavy atom. The number of Topliss-reactive ketones (excluding diaryl/α,β-unsaturated/α-hetero) is 1. The van der Waals surface area contributed by atoms with E-state index in [0.29, 0.717) is 11.3 Å². The molecule has 0 aliphatic rings. The summed E-state index contributed by atoms with van der Waals surface area (Å²) >= 11 is 0. The maximum Gasteiger partial charge on any atom is 0.378 e. The molecule has 0 saturated carbocycles. The molecule has 0 saturated heterocycles. The number of carbonyl (C=O) groups is 2. The number of fused-ring (bicyclic) bond motifs is 1. The molecule has 0 spiro atoms. The molecule has 0 amide bonds. The molecule has 3 aromatic heterocycles. The summed E-state index contributed by atoms with van der Waals surface area (Å²) in [6.45, 7) is 7.97. The molecule has 8 heteroatoms. The van der Waals surface area contributed by atoms with Gasteiger partial charge in [0.15, 0.2) is 6.61 Å². The van der Waals surface area contributed by atoms with E-state index >= 15 is 0 Å². The third kappa shape index (κ3) is 4.30. The van der Waals surface area contributed by atoms with Gasteiger partial charge in [-0.25, -0.2) is 14.3 Å². The summed E-state index contributed by atoms with van der Waals surface area (Å²) in [5.41, 5.74) is 5.23. The molecule has 1 aromatic carbocycles. The standard InChI is InChI=1S/C24H25N5O3/c1-15-12-17(3)29-24(25-15)26-22(27-29)23(31)32-14-21(30)20-13-16(2)28(18(20)4)11-10-19-8-6-5-7-9-19/h5-9,12-13H,10-11,14H2,1-4H3. The van der Waals surface area contributed by atoms with Gasteiger partial charge >= 0.3 is 5.97 Å². The van der Waals surface area contributed by atoms with E-state index in [4.69, 9.17) is 4.74 Å². The van der Waals surface area contributed by atoms with Crippen molar-refractivity contribution in [2.24, 2.45) is 0 Å². The number of ether oxygens (including phenoxy) is 1. The van der Waals surface area contributed by atoms with Crippen LogP contribution in [0.2, 0.25) is 0 Å². The molecule has 4 rings (SSSR count). The van der Waals surface area contributed by atoms with Crippen LogP contribution in [0.4, 0.5) is 0 Å². The average molecular weight is 431 g/mol. The summed E-state index contributed by atoms with van der Waals surface area (Å²) in [5, 5.41) is 4.15. The highest BCUT2D eigenvalue weighted by Gasteiger charge is 2.21. The Morgan fingerprint density at radius 3 is 2.47 bits per heavy atom. The number of nitrogens with zero attached hydrogens (tertiary/aromatic N) is 5. The minimum Gasteiger partial charge on any atom is -0.451 e. The summed E-state index contributed by atoms with van der Waals surface area (Å²) in [5.74, 6) is -0.805. The van der Waals surface area contributed by atoms with Crippen molar-refractivity contribution >= 4 is 17.5 Å². The SMILES string of the molecule is Cc1cc(C)n2nc(C(=O)OCC(=O)c3cc(C)n(CCc4ccccc4)c3C)nc2n1. The summed E-state index contributed by atoms with van der Waals surface area (Å²) in [6, 6.07) is 13.9. The fraction of sp³-hybridized carbons (Fsp3) is 0.292. The Balaban J connectivity index is 1.43. The summed E-state index contributed by atoms with van der Waals surface area (Å²) < 4.78 is 8.81. The quantitative estimate of drug-likeness (QED) is 0.329. The van der Waals surface area contributed by atoms with E-state index in [1.165, 1.54) is 10.1 Å². The van der Waals surface area contributed by atoms with Crippen molar-refractivity contribution in [3.8, 4) is 0 Å². The zero-order valence-electron chi connectivity index (χ0n) is 18.6. The molecule has 164 valence electrons. The number of hydrogen-bond donors (Lipinski definition) is 0. The molecule has 0 atom stereocenters. The zero-order valence-corrected chi connectivity index (χ0v) is 18.6. The van der Waals surface area contributed by atoms with E-state index in [-0.39, 0.29) is 18.2 Å². The fourth-order valence-corrected chi connectivity index (χ4v) is 3.84. The first kappa shape index (κ1) is 21.4. The van der Waals surface area contributed by atoms with Gasteiger partial charge < -0.3 is 9.30 Å². The van der Waals surface area contributed by atoms with Gasteiger partial charge in [-0.05, 0) is 51.8 Å². The van der Waals surface area contributed by atoms with E-state index in [2.05, 4.69) is 31.8 Å². The van der Waals surface area contributed by atoms with Crippen LogP contribution in [0.25, 0.3) is 5.78 Å². The highest BCUT2D eigenvalue weighted by molar-refractivity contribution is 6.00. The van der Waals surface area contributed by atoms with Gasteiger partial charge in [-0.2, -0.15) is 4.98 Å². The highest BCUT2D eigenvalue weighted by atomic mass is 16.5. The Bertz CT molecular complexity index is 1300. The minimum absolute atomic E-state index is 0.118. The highest BCUT2D eigenvalue weighted by Crippen LogP contribution is 2.17. The third-order valence-corrected chi connectivity index (χ3v) is 5.48. The number of aryl methyl sites for hydroxylation is 4. The van der Waals surface area contributed by atoms with Gasteiger partial charge in [0.05, 0.1) is 0 Å². The van der Waals surface area contributed by atoms with Crippen LogP contribution in [0, 0.1) is 27.7 Å². The average Bonchev–Trinajstić information content (AvgIpc) is 3.32. The van der Waals surface area contributed by atoms with Crippen LogP contribution in [0.1, 0.15) is 49.3 Å². The maximum absolute atomic E-state index is 12.8. The predicted octanol–water partition coefficient (Wildman–Crippen LogP) is 3.44. The van der Waals surface area contributed by atoms with Crippen molar-refractivity contribution in [3.05, 3.63) is 82.2 Å². The summed E-state index contributed by atoms with van der Waals surface area (Å²) in [7, 11) is 0. The van der Waals surface area contributed by atoms with Gasteiger partial charge in [0.2, 0.25) is 5.78 Å². The second-order valence-corrected chi connectivity index (χ2v) is 7.86. The fourth-order valence-electron chi connectivity index (χ4n) is 3.84. The number of carbonyl (C=O) groups excluding carboxylic acids is 2. The second-order valence-electron chi connectivity index (χ2n) is 7.86. The van der Waals surface area contributed by atoms with Crippen LogP contribution in [0.15, 0.2) is 42.5 Å². The van der Waals surface area contributed by atoms with E-state index in [1.54, 1.807) is 0 Å². The van der Waals surface area contributed by atoms with Crippen molar-refractivity contribution in [1.29, 1.82) is 0 Å². The van der Waals surface area contributed by atoms with Crippen LogP contribution in [0.3, 0.4) is 0 Å². The number of aromatic nitrogens is 5. The molecule has 8 nitrogen and oxygen atoms in total. The topological polar surface area (TPSA) is 91.4 Å². The number of rotatable bonds is 7. The first-order chi connectivity index (χ1) is 15.3. The van der Waals surface area contributed by atoms with Gasteiger partial charge in [0.1, 0.15) is 0 Å². The molecule has 0 bridgehead atoms. The Kier molecular flexibility index (Phi) is 5.85. The Labute approximate surface area is 185 Å². The van der Waals surface area contributed by atoms with Crippen LogP contribution in [0.5, 0.6) is 0 Å². The molecule has 0 aliphatic carbocycles. The number of ketones is 1. The van der Waals surface area contributed by atoms with E-state index in [1.807, 2.05) is 58.0 Å². The van der Waals surface area contributed by atoms with E-state index in [0.717, 1.165) is 35.7 Å². The maximum atomic E-state index is 12.8. The molecule has 0 N–H and O–H groups in total. The van der Waals surface area contributed by atoms with E-state index in [9.17, 15) is 9.59 Å². The minimum atomic E-state index is -0.751. The monoisotopic (exact) mass is 431 g/mol. The molecular weight excluding hydrogens is 406 g/mol. The smallest absolute Gasteiger partial charge is 0.378 e. The van der Waals surface area contributed by atoms with Gasteiger partial charge in [-0.3, -0.25) is 4.79 Å². The van der Waals surface area contributed by atoms with Gasteiger partial charge in [-0.15, -0.1) is 5.10 Å².